The molecule has 0 saturated carbocycles. The minimum Gasteiger partial charge on any atom is -0.335 e. The van der Waals surface area contributed by atoms with E-state index >= 15 is 0 Å². The van der Waals surface area contributed by atoms with Crippen molar-refractivity contribution in [2.75, 3.05) is 12.0 Å². The Labute approximate surface area is 217 Å². The molecule has 0 unspecified atom stereocenters. The Hall–Kier alpha value is -4.51. The Balaban J connectivity index is 1.44. The number of H-pyrrole nitrogens is 2. The number of nitrogens with zero attached hydrogens (tertiary/aromatic N) is 5. The fourth-order valence-corrected chi connectivity index (χ4v) is 5.12. The minimum absolute atomic E-state index is 0.0631. The molecule has 0 radical (unpaired) electrons. The van der Waals surface area contributed by atoms with Crippen LogP contribution in [0, 0.1) is 12.7 Å². The summed E-state index contributed by atoms with van der Waals surface area (Å²) in [5.74, 6) is 0.0155. The van der Waals surface area contributed by atoms with Crippen molar-refractivity contribution in [2.45, 2.75) is 13.3 Å². The van der Waals surface area contributed by atoms with E-state index in [1.165, 1.54) is 18.4 Å². The third-order valence-electron chi connectivity index (χ3n) is 6.42. The molecule has 2 N–H and O–H groups in total. The lowest BCUT2D eigenvalue weighted by atomic mass is 10.0. The predicted octanol–water partition coefficient (Wildman–Crippen LogP) is 4.66. The van der Waals surface area contributed by atoms with Crippen LogP contribution in [0.1, 0.15) is 11.1 Å². The van der Waals surface area contributed by atoms with Crippen LogP contribution in [-0.4, -0.2) is 55.5 Å². The largest absolute Gasteiger partial charge is 0.335 e. The van der Waals surface area contributed by atoms with Crippen molar-refractivity contribution in [2.24, 2.45) is 0 Å². The normalized spacial score (nSPS) is 12.0. The van der Waals surface area contributed by atoms with Gasteiger partial charge in [0, 0.05) is 47.7 Å². The quantitative estimate of drug-likeness (QED) is 0.322. The van der Waals surface area contributed by atoms with Crippen molar-refractivity contribution >= 4 is 31.9 Å². The summed E-state index contributed by atoms with van der Waals surface area (Å²) in [6, 6.07) is 8.47. The van der Waals surface area contributed by atoms with Crippen LogP contribution in [0.3, 0.4) is 0 Å². The number of aromatic amines is 2. The average molecular weight is 528 g/mol. The molecule has 5 heterocycles. The summed E-state index contributed by atoms with van der Waals surface area (Å²) < 4.78 is 37.7. The van der Waals surface area contributed by atoms with Gasteiger partial charge in [-0.3, -0.25) is 15.1 Å². The molecule has 11 heteroatoms. The topological polar surface area (TPSA) is 130 Å². The van der Waals surface area contributed by atoms with Crippen LogP contribution in [0.2, 0.25) is 0 Å². The molecule has 0 aliphatic carbocycles. The molecule has 1 aromatic carbocycles. The van der Waals surface area contributed by atoms with Crippen LogP contribution in [0.25, 0.3) is 55.8 Å². The van der Waals surface area contributed by atoms with Crippen molar-refractivity contribution in [3.05, 3.63) is 78.3 Å². The van der Waals surface area contributed by atoms with Gasteiger partial charge < -0.3 is 4.98 Å². The number of rotatable bonds is 6. The van der Waals surface area contributed by atoms with E-state index in [0.29, 0.717) is 44.9 Å². The summed E-state index contributed by atoms with van der Waals surface area (Å²) >= 11 is 0. The molecule has 5 aromatic heterocycles. The molecule has 0 aliphatic heterocycles. The monoisotopic (exact) mass is 527 g/mol. The van der Waals surface area contributed by atoms with Crippen molar-refractivity contribution in [1.82, 2.24) is 35.1 Å². The first-order valence-corrected chi connectivity index (χ1v) is 13.9. The van der Waals surface area contributed by atoms with Crippen LogP contribution in [0.15, 0.2) is 61.3 Å². The fraction of sp³-hybridized carbons (Fsp3) is 0.148. The molecule has 0 saturated heterocycles. The molecule has 0 bridgehead atoms. The molecule has 0 atom stereocenters. The van der Waals surface area contributed by atoms with Crippen molar-refractivity contribution < 1.29 is 12.8 Å². The Bertz CT molecular complexity index is 1950. The highest BCUT2D eigenvalue weighted by molar-refractivity contribution is 7.90. The lowest BCUT2D eigenvalue weighted by Crippen LogP contribution is -2.06. The van der Waals surface area contributed by atoms with Crippen LogP contribution < -0.4 is 0 Å². The summed E-state index contributed by atoms with van der Waals surface area (Å²) in [6.45, 7) is 2.02. The minimum atomic E-state index is -3.18. The first-order valence-electron chi connectivity index (χ1n) is 11.8. The molecule has 38 heavy (non-hydrogen) atoms. The lowest BCUT2D eigenvalue weighted by molar-refractivity contribution is 0.600. The molecular weight excluding hydrogens is 505 g/mol. The Morgan fingerprint density at radius 1 is 0.974 bits per heavy atom. The molecule has 0 spiro atoms. The number of benzene rings is 1. The highest BCUT2D eigenvalue weighted by Crippen LogP contribution is 2.33. The van der Waals surface area contributed by atoms with Crippen molar-refractivity contribution in [3.8, 4) is 33.8 Å². The van der Waals surface area contributed by atoms with Crippen molar-refractivity contribution in [3.63, 3.8) is 0 Å². The third kappa shape index (κ3) is 4.52. The van der Waals surface area contributed by atoms with E-state index in [-0.39, 0.29) is 12.2 Å². The summed E-state index contributed by atoms with van der Waals surface area (Å²) in [7, 11) is -3.18. The smallest absolute Gasteiger partial charge is 0.181 e. The molecule has 0 fully saturated rings. The number of imidazole rings is 1. The standard InChI is InChI=1S/C27H22FN7O2S/c1-15-3-5-29-12-21(15)18-10-20-25(34-35-26(20)31-11-18)27-32-23-14-30-13-22(24(23)33-27)17-7-16(8-19(28)9-17)4-6-38(2,36)37/h3,5,7-14H,4,6H2,1-2H3,(H,32,33)(H,31,34,35). The molecule has 6 rings (SSSR count). The number of hydrogen-bond donors (Lipinski definition) is 2. The number of sulfone groups is 1. The SMILES string of the molecule is Cc1ccncc1-c1cnc2n[nH]c(-c3nc4c(-c5cc(F)cc(CCS(C)(=O)=O)c5)cncc4[nH]3)c2c1. The van der Waals surface area contributed by atoms with Gasteiger partial charge >= 0.3 is 0 Å². The molecule has 0 aliphatic rings. The van der Waals surface area contributed by atoms with E-state index in [9.17, 15) is 12.8 Å². The average Bonchev–Trinajstić information content (AvgIpc) is 3.50. The Morgan fingerprint density at radius 2 is 1.82 bits per heavy atom. The highest BCUT2D eigenvalue weighted by Gasteiger charge is 2.17. The van der Waals surface area contributed by atoms with Gasteiger partial charge in [-0.05, 0) is 54.3 Å². The molecule has 9 nitrogen and oxygen atoms in total. The number of aromatic nitrogens is 7. The van der Waals surface area contributed by atoms with Gasteiger partial charge in [-0.2, -0.15) is 5.10 Å². The van der Waals surface area contributed by atoms with Gasteiger partial charge in [-0.25, -0.2) is 22.8 Å². The van der Waals surface area contributed by atoms with Gasteiger partial charge in [-0.15, -0.1) is 0 Å². The van der Waals surface area contributed by atoms with Gasteiger partial charge in [0.15, 0.2) is 11.5 Å². The maximum atomic E-state index is 14.5. The van der Waals surface area contributed by atoms with E-state index in [0.717, 1.165) is 22.1 Å². The summed E-state index contributed by atoms with van der Waals surface area (Å²) in [5, 5.41) is 8.16. The summed E-state index contributed by atoms with van der Waals surface area (Å²) in [5.41, 5.74) is 7.20. The number of hydrogen-bond acceptors (Lipinski definition) is 7. The van der Waals surface area contributed by atoms with E-state index in [2.05, 4.69) is 30.1 Å². The first-order chi connectivity index (χ1) is 18.2. The zero-order valence-electron chi connectivity index (χ0n) is 20.5. The zero-order chi connectivity index (χ0) is 26.4. The number of pyridine rings is 3. The third-order valence-corrected chi connectivity index (χ3v) is 7.37. The summed E-state index contributed by atoms with van der Waals surface area (Å²) in [4.78, 5) is 21.2. The zero-order valence-corrected chi connectivity index (χ0v) is 21.3. The second-order valence-corrected chi connectivity index (χ2v) is 11.5. The second-order valence-electron chi connectivity index (χ2n) is 9.28. The van der Waals surface area contributed by atoms with Crippen LogP contribution in [0.4, 0.5) is 4.39 Å². The Morgan fingerprint density at radius 3 is 2.63 bits per heavy atom. The molecule has 0 amide bonds. The van der Waals surface area contributed by atoms with Crippen LogP contribution in [0.5, 0.6) is 0 Å². The Kier molecular flexibility index (Phi) is 5.72. The van der Waals surface area contributed by atoms with E-state index < -0.39 is 15.7 Å². The van der Waals surface area contributed by atoms with Gasteiger partial charge in [0.2, 0.25) is 0 Å². The van der Waals surface area contributed by atoms with E-state index in [1.54, 1.807) is 37.1 Å². The van der Waals surface area contributed by atoms with Gasteiger partial charge in [0.1, 0.15) is 21.3 Å². The maximum Gasteiger partial charge on any atom is 0.181 e. The van der Waals surface area contributed by atoms with E-state index in [4.69, 9.17) is 4.98 Å². The van der Waals surface area contributed by atoms with Crippen LogP contribution in [-0.2, 0) is 16.3 Å². The summed E-state index contributed by atoms with van der Waals surface area (Å²) in [6.07, 6.45) is 9.98. The van der Waals surface area contributed by atoms with Gasteiger partial charge in [0.05, 0.1) is 28.4 Å². The van der Waals surface area contributed by atoms with E-state index in [1.807, 2.05) is 19.1 Å². The fourth-order valence-electron chi connectivity index (χ4n) is 4.51. The number of aryl methyl sites for hydroxylation is 2. The van der Waals surface area contributed by atoms with Gasteiger partial charge in [-0.1, -0.05) is 6.07 Å². The molecule has 6 aromatic rings. The first kappa shape index (κ1) is 23.9. The van der Waals surface area contributed by atoms with Gasteiger partial charge in [0.25, 0.3) is 0 Å². The number of fused-ring (bicyclic) bond motifs is 2. The lowest BCUT2D eigenvalue weighted by Gasteiger charge is -2.07. The molecule has 190 valence electrons. The second kappa shape index (κ2) is 9.10. The highest BCUT2D eigenvalue weighted by atomic mass is 32.2. The van der Waals surface area contributed by atoms with Crippen LogP contribution >= 0.6 is 0 Å². The maximum absolute atomic E-state index is 14.5. The van der Waals surface area contributed by atoms with Crippen molar-refractivity contribution in [1.29, 1.82) is 0 Å². The predicted molar refractivity (Wildman–Crippen MR) is 144 cm³/mol. The number of nitrogens with one attached hydrogen (secondary N) is 2. The molecular formula is C27H22FN7O2S. The number of halogens is 1.